The number of carbonyl (C=O) groups is 1. The van der Waals surface area contributed by atoms with Crippen molar-refractivity contribution in [3.8, 4) is 0 Å². The summed E-state index contributed by atoms with van der Waals surface area (Å²) in [5.41, 5.74) is 8.04. The molecule has 0 spiro atoms. The summed E-state index contributed by atoms with van der Waals surface area (Å²) in [6.45, 7) is 3.96. The molecule has 1 aromatic carbocycles. The number of nitrogens with two attached hydrogens (primary N) is 1. The SMILES string of the molecule is Cc1ccc(C)c(NC(=O)C2(C(N)=S)CC2)c1. The molecular formula is C13H16N2OS. The molecule has 0 bridgehead atoms. The van der Waals surface area contributed by atoms with Crippen molar-refractivity contribution in [1.82, 2.24) is 0 Å². The van der Waals surface area contributed by atoms with Crippen molar-refractivity contribution in [1.29, 1.82) is 0 Å². The molecular weight excluding hydrogens is 232 g/mol. The minimum absolute atomic E-state index is 0.0706. The summed E-state index contributed by atoms with van der Waals surface area (Å²) in [4.78, 5) is 12.4. The zero-order valence-electron chi connectivity index (χ0n) is 10.0. The molecule has 2 rings (SSSR count). The van der Waals surface area contributed by atoms with Gasteiger partial charge in [0.15, 0.2) is 0 Å². The lowest BCUT2D eigenvalue weighted by Gasteiger charge is -2.15. The fourth-order valence-corrected chi connectivity index (χ4v) is 2.12. The summed E-state index contributed by atoms with van der Waals surface area (Å²) in [7, 11) is 0. The van der Waals surface area contributed by atoms with Crippen molar-refractivity contribution >= 4 is 28.8 Å². The lowest BCUT2D eigenvalue weighted by atomic mass is 10.1. The number of rotatable bonds is 3. The molecule has 17 heavy (non-hydrogen) atoms. The molecule has 1 aliphatic rings. The zero-order valence-corrected chi connectivity index (χ0v) is 10.9. The molecule has 0 heterocycles. The number of carbonyl (C=O) groups excluding carboxylic acids is 1. The highest BCUT2D eigenvalue weighted by Crippen LogP contribution is 2.46. The van der Waals surface area contributed by atoms with Gasteiger partial charge in [-0.15, -0.1) is 0 Å². The van der Waals surface area contributed by atoms with Crippen LogP contribution in [0.2, 0.25) is 0 Å². The summed E-state index contributed by atoms with van der Waals surface area (Å²) in [5, 5.41) is 2.93. The van der Waals surface area contributed by atoms with Crippen LogP contribution in [-0.4, -0.2) is 10.9 Å². The van der Waals surface area contributed by atoms with Gasteiger partial charge in [0, 0.05) is 5.69 Å². The maximum absolute atomic E-state index is 12.1. The molecule has 0 saturated heterocycles. The molecule has 0 unspecified atom stereocenters. The first-order valence-electron chi connectivity index (χ1n) is 5.64. The van der Waals surface area contributed by atoms with Gasteiger partial charge in [0.2, 0.25) is 5.91 Å². The predicted octanol–water partition coefficient (Wildman–Crippen LogP) is 2.31. The van der Waals surface area contributed by atoms with Crippen LogP contribution in [0.15, 0.2) is 18.2 Å². The van der Waals surface area contributed by atoms with Crippen molar-refractivity contribution in [3.05, 3.63) is 29.3 Å². The van der Waals surface area contributed by atoms with Gasteiger partial charge in [-0.2, -0.15) is 0 Å². The third-order valence-electron chi connectivity index (χ3n) is 3.30. The second-order valence-electron chi connectivity index (χ2n) is 4.72. The van der Waals surface area contributed by atoms with Crippen molar-refractivity contribution in [2.24, 2.45) is 11.1 Å². The number of anilines is 1. The summed E-state index contributed by atoms with van der Waals surface area (Å²) in [6, 6.07) is 5.97. The molecule has 1 aromatic rings. The highest BCUT2D eigenvalue weighted by Gasteiger charge is 2.52. The Bertz CT molecular complexity index is 492. The summed E-state index contributed by atoms with van der Waals surface area (Å²) >= 11 is 4.96. The second-order valence-corrected chi connectivity index (χ2v) is 5.16. The van der Waals surface area contributed by atoms with E-state index < -0.39 is 5.41 Å². The average Bonchev–Trinajstić information content (AvgIpc) is 3.04. The Morgan fingerprint density at radius 1 is 1.41 bits per heavy atom. The maximum Gasteiger partial charge on any atom is 0.237 e. The van der Waals surface area contributed by atoms with E-state index in [0.29, 0.717) is 4.99 Å². The van der Waals surface area contributed by atoms with E-state index >= 15 is 0 Å². The molecule has 3 nitrogen and oxygen atoms in total. The Morgan fingerprint density at radius 2 is 2.06 bits per heavy atom. The second kappa shape index (κ2) is 4.11. The number of thiocarbonyl (C=S) groups is 1. The summed E-state index contributed by atoms with van der Waals surface area (Å²) in [5.74, 6) is -0.0706. The van der Waals surface area contributed by atoms with E-state index in [2.05, 4.69) is 5.32 Å². The van der Waals surface area contributed by atoms with Gasteiger partial charge < -0.3 is 11.1 Å². The zero-order chi connectivity index (χ0) is 12.6. The summed E-state index contributed by atoms with van der Waals surface area (Å²) in [6.07, 6.45) is 1.53. The molecule has 1 aliphatic carbocycles. The van der Waals surface area contributed by atoms with Crippen molar-refractivity contribution in [2.75, 3.05) is 5.32 Å². The topological polar surface area (TPSA) is 55.1 Å². The normalized spacial score (nSPS) is 16.4. The number of amides is 1. The highest BCUT2D eigenvalue weighted by atomic mass is 32.1. The van der Waals surface area contributed by atoms with Crippen molar-refractivity contribution < 1.29 is 4.79 Å². The average molecular weight is 248 g/mol. The Labute approximate surface area is 106 Å². The van der Waals surface area contributed by atoms with Crippen LogP contribution in [0.1, 0.15) is 24.0 Å². The number of aryl methyl sites for hydroxylation is 2. The van der Waals surface area contributed by atoms with E-state index in [-0.39, 0.29) is 5.91 Å². The van der Waals surface area contributed by atoms with Gasteiger partial charge in [-0.3, -0.25) is 4.79 Å². The van der Waals surface area contributed by atoms with E-state index in [1.54, 1.807) is 0 Å². The fraction of sp³-hybridized carbons (Fsp3) is 0.385. The van der Waals surface area contributed by atoms with Crippen molar-refractivity contribution in [2.45, 2.75) is 26.7 Å². The highest BCUT2D eigenvalue weighted by molar-refractivity contribution is 7.80. The van der Waals surface area contributed by atoms with Gasteiger partial charge in [-0.1, -0.05) is 24.4 Å². The van der Waals surface area contributed by atoms with Crippen LogP contribution in [0.4, 0.5) is 5.69 Å². The van der Waals surface area contributed by atoms with Crippen LogP contribution in [0.25, 0.3) is 0 Å². The third-order valence-corrected chi connectivity index (χ3v) is 3.69. The van der Waals surface area contributed by atoms with Crippen LogP contribution < -0.4 is 11.1 Å². The number of hydrogen-bond donors (Lipinski definition) is 2. The molecule has 0 atom stereocenters. The molecule has 3 N–H and O–H groups in total. The first-order chi connectivity index (χ1) is 7.95. The predicted molar refractivity (Wildman–Crippen MR) is 73.0 cm³/mol. The van der Waals surface area contributed by atoms with Crippen LogP contribution >= 0.6 is 12.2 Å². The lowest BCUT2D eigenvalue weighted by Crippen LogP contribution is -2.35. The van der Waals surface area contributed by atoms with Crippen LogP contribution in [0, 0.1) is 19.3 Å². The van der Waals surface area contributed by atoms with Gasteiger partial charge in [0.25, 0.3) is 0 Å². The van der Waals surface area contributed by atoms with Crippen LogP contribution in [0.3, 0.4) is 0 Å². The molecule has 1 saturated carbocycles. The Morgan fingerprint density at radius 3 is 2.59 bits per heavy atom. The van der Waals surface area contributed by atoms with E-state index in [1.165, 1.54) is 0 Å². The van der Waals surface area contributed by atoms with Gasteiger partial charge in [0.05, 0.1) is 10.4 Å². The molecule has 0 radical (unpaired) electrons. The smallest absolute Gasteiger partial charge is 0.237 e. The Balaban J connectivity index is 2.19. The first-order valence-corrected chi connectivity index (χ1v) is 6.05. The van der Waals surface area contributed by atoms with Gasteiger partial charge in [0.1, 0.15) is 0 Å². The van der Waals surface area contributed by atoms with E-state index in [0.717, 1.165) is 29.7 Å². The fourth-order valence-electron chi connectivity index (χ4n) is 1.82. The molecule has 0 aromatic heterocycles. The Hall–Kier alpha value is -1.42. The minimum atomic E-state index is -0.592. The van der Waals surface area contributed by atoms with E-state index in [1.807, 2.05) is 32.0 Å². The lowest BCUT2D eigenvalue weighted by molar-refractivity contribution is -0.118. The molecule has 1 fully saturated rings. The molecule has 4 heteroatoms. The van der Waals surface area contributed by atoms with Gasteiger partial charge >= 0.3 is 0 Å². The molecule has 90 valence electrons. The van der Waals surface area contributed by atoms with Gasteiger partial charge in [-0.25, -0.2) is 0 Å². The van der Waals surface area contributed by atoms with Gasteiger partial charge in [-0.05, 0) is 43.9 Å². The maximum atomic E-state index is 12.1. The third kappa shape index (κ3) is 2.17. The number of benzene rings is 1. The number of nitrogens with one attached hydrogen (secondary N) is 1. The van der Waals surface area contributed by atoms with Crippen LogP contribution in [-0.2, 0) is 4.79 Å². The monoisotopic (exact) mass is 248 g/mol. The van der Waals surface area contributed by atoms with E-state index in [9.17, 15) is 4.79 Å². The quantitative estimate of drug-likeness (QED) is 0.807. The molecule has 1 amide bonds. The standard InChI is InChI=1S/C13H16N2OS/c1-8-3-4-9(2)10(7-8)15-12(16)13(5-6-13)11(14)17/h3-4,7H,5-6H2,1-2H3,(H2,14,17)(H,15,16). The largest absolute Gasteiger partial charge is 0.392 e. The minimum Gasteiger partial charge on any atom is -0.392 e. The van der Waals surface area contributed by atoms with Crippen LogP contribution in [0.5, 0.6) is 0 Å². The summed E-state index contributed by atoms with van der Waals surface area (Å²) < 4.78 is 0. The Kier molecular flexibility index (Phi) is 2.91. The van der Waals surface area contributed by atoms with Crippen molar-refractivity contribution in [3.63, 3.8) is 0 Å². The molecule has 0 aliphatic heterocycles. The van der Waals surface area contributed by atoms with E-state index in [4.69, 9.17) is 18.0 Å². The number of hydrogen-bond acceptors (Lipinski definition) is 2. The first kappa shape index (κ1) is 12.0.